The molecule has 6 aromatic carbocycles. The number of aryl methyl sites for hydroxylation is 1. The number of hydrogen-bond acceptors (Lipinski definition) is 5. The van der Waals surface area contributed by atoms with E-state index in [2.05, 4.69) is 97.1 Å². The summed E-state index contributed by atoms with van der Waals surface area (Å²) in [5, 5.41) is 9.67. The molecule has 6 aromatic rings. The second-order valence-corrected chi connectivity index (χ2v) is 15.3. The summed E-state index contributed by atoms with van der Waals surface area (Å²) in [5.74, 6) is 2.74. The summed E-state index contributed by atoms with van der Waals surface area (Å²) in [6.07, 6.45) is 6.44. The summed E-state index contributed by atoms with van der Waals surface area (Å²) in [5.41, 5.74) is 11.9. The molecule has 0 saturated heterocycles. The number of phenols is 1. The maximum Gasteiger partial charge on any atom is 0.316 e. The Morgan fingerprint density at radius 1 is 0.643 bits per heavy atom. The molecule has 2 aliphatic rings. The average molecular weight is 741 g/mol. The maximum atomic E-state index is 12.2. The zero-order valence-electron chi connectivity index (χ0n) is 32.7. The lowest BCUT2D eigenvalue weighted by Crippen LogP contribution is -2.25. The van der Waals surface area contributed by atoms with Crippen LogP contribution in [0.4, 0.5) is 0 Å². The zero-order chi connectivity index (χ0) is 39.2. The molecule has 0 amide bonds. The van der Waals surface area contributed by atoms with Crippen molar-refractivity contribution in [2.24, 2.45) is 5.41 Å². The number of carbonyl (C=O) groups is 1. The first-order chi connectivity index (χ1) is 27.1. The van der Waals surface area contributed by atoms with Gasteiger partial charge in [0.2, 0.25) is 0 Å². The van der Waals surface area contributed by atoms with Crippen LogP contribution in [-0.2, 0) is 11.2 Å². The van der Waals surface area contributed by atoms with Crippen molar-refractivity contribution in [2.75, 3.05) is 14.2 Å². The zero-order valence-corrected chi connectivity index (χ0v) is 32.7. The molecule has 2 atom stereocenters. The van der Waals surface area contributed by atoms with Gasteiger partial charge in [-0.25, -0.2) is 0 Å². The van der Waals surface area contributed by atoms with Gasteiger partial charge in [-0.1, -0.05) is 109 Å². The fraction of sp³-hybridized carbons (Fsp3) is 0.196. The van der Waals surface area contributed by atoms with Gasteiger partial charge < -0.3 is 19.3 Å². The van der Waals surface area contributed by atoms with Gasteiger partial charge in [-0.05, 0) is 138 Å². The van der Waals surface area contributed by atoms with Crippen molar-refractivity contribution in [2.45, 2.75) is 45.4 Å². The molecule has 2 unspecified atom stereocenters. The molecular formula is C51H48O5. The summed E-state index contributed by atoms with van der Waals surface area (Å²) < 4.78 is 16.4. The second-order valence-electron chi connectivity index (χ2n) is 15.3. The number of hydrogen-bond donors (Lipinski definition) is 1. The number of allylic oxidation sites excluding steroid dienone is 2. The van der Waals surface area contributed by atoms with Crippen LogP contribution in [0, 0.1) is 5.41 Å². The van der Waals surface area contributed by atoms with Crippen LogP contribution in [0.2, 0.25) is 0 Å². The summed E-state index contributed by atoms with van der Waals surface area (Å²) >= 11 is 0. The average Bonchev–Trinajstić information content (AvgIpc) is 3.23. The molecule has 5 heteroatoms. The molecule has 8 rings (SSSR count). The predicted octanol–water partition coefficient (Wildman–Crippen LogP) is 11.9. The molecule has 0 aromatic heterocycles. The first-order valence-corrected chi connectivity index (χ1v) is 19.1. The third kappa shape index (κ3) is 8.33. The summed E-state index contributed by atoms with van der Waals surface area (Å²) in [6, 6.07) is 49.1. The quantitative estimate of drug-likeness (QED) is 0.130. The maximum absolute atomic E-state index is 12.2. The molecule has 2 aliphatic carbocycles. The number of carbonyl (C=O) groups excluding carboxylic acids is 1. The number of ether oxygens (including phenoxy) is 3. The largest absolute Gasteiger partial charge is 0.508 e. The number of fused-ring (bicyclic) bond motifs is 2. The smallest absolute Gasteiger partial charge is 0.316 e. The summed E-state index contributed by atoms with van der Waals surface area (Å²) in [7, 11) is 3.40. The standard InChI is InChI=1S/C28H28O3.C23H20O2/c1-28(2,3)27(29)31-22-13-10-20(11-14-22)26-24(19-8-6-5-7-9-19)16-12-21-18-23(30-4)15-17-25(21)26;1-25-20-12-14-22-18(15-20)9-13-21(16-5-3-2-4-6-16)23(22)17-7-10-19(24)11-8-17/h5-18,24,26H,1-4H3;2-8,10-12,14-15,24H,9,13H2,1H3. The SMILES string of the molecule is COc1ccc2c(c1)C=CC(c1ccccc1)C2c1ccc(OC(=O)C(C)(C)C)cc1.COc1ccc2c(c1)CCC(c1ccccc1)=C2c1ccc(O)cc1. The van der Waals surface area contributed by atoms with Gasteiger partial charge in [0.05, 0.1) is 19.6 Å². The highest BCUT2D eigenvalue weighted by Gasteiger charge is 2.30. The van der Waals surface area contributed by atoms with E-state index in [0.29, 0.717) is 5.75 Å². The van der Waals surface area contributed by atoms with Gasteiger partial charge in [-0.3, -0.25) is 4.79 Å². The van der Waals surface area contributed by atoms with Gasteiger partial charge in [-0.15, -0.1) is 0 Å². The number of rotatable bonds is 7. The fourth-order valence-corrected chi connectivity index (χ4v) is 7.57. The van der Waals surface area contributed by atoms with Crippen LogP contribution in [0.25, 0.3) is 17.2 Å². The summed E-state index contributed by atoms with van der Waals surface area (Å²) in [6.45, 7) is 5.56. The lowest BCUT2D eigenvalue weighted by atomic mass is 9.72. The Balaban J connectivity index is 0.000000175. The van der Waals surface area contributed by atoms with Crippen molar-refractivity contribution in [1.29, 1.82) is 0 Å². The summed E-state index contributed by atoms with van der Waals surface area (Å²) in [4.78, 5) is 12.2. The van der Waals surface area contributed by atoms with E-state index < -0.39 is 5.41 Å². The van der Waals surface area contributed by atoms with E-state index in [9.17, 15) is 9.90 Å². The Bertz CT molecular complexity index is 2350. The van der Waals surface area contributed by atoms with Crippen molar-refractivity contribution in [3.8, 4) is 23.0 Å². The van der Waals surface area contributed by atoms with Crippen LogP contribution in [0.1, 0.15) is 83.5 Å². The molecule has 56 heavy (non-hydrogen) atoms. The van der Waals surface area contributed by atoms with Crippen LogP contribution in [0.3, 0.4) is 0 Å². The fourth-order valence-electron chi connectivity index (χ4n) is 7.57. The van der Waals surface area contributed by atoms with Gasteiger partial charge in [0.25, 0.3) is 0 Å². The molecule has 282 valence electrons. The molecule has 0 bridgehead atoms. The molecule has 0 aliphatic heterocycles. The first kappa shape index (κ1) is 38.0. The van der Waals surface area contributed by atoms with Crippen molar-refractivity contribution < 1.29 is 24.1 Å². The van der Waals surface area contributed by atoms with Crippen molar-refractivity contribution in [3.63, 3.8) is 0 Å². The minimum atomic E-state index is -0.538. The number of methoxy groups -OCH3 is 2. The third-order valence-electron chi connectivity index (χ3n) is 10.5. The van der Waals surface area contributed by atoms with Crippen molar-refractivity contribution in [1.82, 2.24) is 0 Å². The molecule has 5 nitrogen and oxygen atoms in total. The van der Waals surface area contributed by atoms with Crippen LogP contribution >= 0.6 is 0 Å². The van der Waals surface area contributed by atoms with E-state index in [1.165, 1.54) is 50.1 Å². The predicted molar refractivity (Wildman–Crippen MR) is 226 cm³/mol. The molecule has 0 fully saturated rings. The number of benzene rings is 6. The monoisotopic (exact) mass is 740 g/mol. The number of phenolic OH excluding ortho intramolecular Hbond substituents is 1. The topological polar surface area (TPSA) is 65.0 Å². The second kappa shape index (κ2) is 16.6. The number of aromatic hydroxyl groups is 1. The molecule has 0 saturated carbocycles. The van der Waals surface area contributed by atoms with Crippen molar-refractivity contribution in [3.05, 3.63) is 196 Å². The Morgan fingerprint density at radius 3 is 1.93 bits per heavy atom. The Labute approximate surface area is 330 Å². The minimum absolute atomic E-state index is 0.153. The lowest BCUT2D eigenvalue weighted by Gasteiger charge is -2.31. The Kier molecular flexibility index (Phi) is 11.2. The van der Waals surface area contributed by atoms with E-state index in [0.717, 1.165) is 29.9 Å². The highest BCUT2D eigenvalue weighted by Crippen LogP contribution is 2.46. The van der Waals surface area contributed by atoms with Gasteiger partial charge >= 0.3 is 5.97 Å². The highest BCUT2D eigenvalue weighted by atomic mass is 16.5. The Hall–Kier alpha value is -6.33. The van der Waals surface area contributed by atoms with E-state index >= 15 is 0 Å². The third-order valence-corrected chi connectivity index (χ3v) is 10.5. The Morgan fingerprint density at radius 2 is 1.27 bits per heavy atom. The first-order valence-electron chi connectivity index (χ1n) is 19.1. The van der Waals surface area contributed by atoms with E-state index in [-0.39, 0.29) is 23.6 Å². The van der Waals surface area contributed by atoms with Gasteiger partial charge in [0.1, 0.15) is 23.0 Å². The van der Waals surface area contributed by atoms with E-state index in [4.69, 9.17) is 14.2 Å². The van der Waals surface area contributed by atoms with Crippen LogP contribution in [0.15, 0.2) is 152 Å². The van der Waals surface area contributed by atoms with Crippen LogP contribution in [0.5, 0.6) is 23.0 Å². The van der Waals surface area contributed by atoms with Gasteiger partial charge in [0.15, 0.2) is 0 Å². The number of esters is 1. The van der Waals surface area contributed by atoms with Crippen molar-refractivity contribution >= 4 is 23.2 Å². The molecule has 1 N–H and O–H groups in total. The molecular weight excluding hydrogens is 693 g/mol. The molecule has 0 spiro atoms. The normalized spacial score (nSPS) is 15.8. The van der Waals surface area contributed by atoms with Crippen LogP contribution < -0.4 is 14.2 Å². The minimum Gasteiger partial charge on any atom is -0.508 e. The van der Waals surface area contributed by atoms with Crippen LogP contribution in [-0.4, -0.2) is 25.3 Å². The lowest BCUT2D eigenvalue weighted by molar-refractivity contribution is -0.143. The molecule has 0 radical (unpaired) electrons. The van der Waals surface area contributed by atoms with Gasteiger partial charge in [-0.2, -0.15) is 0 Å². The molecule has 0 heterocycles. The van der Waals surface area contributed by atoms with Gasteiger partial charge in [0, 0.05) is 11.8 Å². The van der Waals surface area contributed by atoms with E-state index in [1.807, 2.05) is 69.3 Å². The van der Waals surface area contributed by atoms with E-state index in [1.54, 1.807) is 26.4 Å². The highest BCUT2D eigenvalue weighted by molar-refractivity contribution is 6.01.